The number of carbonyl (C=O) groups is 3. The van der Waals surface area contributed by atoms with Crippen LogP contribution in [0.3, 0.4) is 0 Å². The maximum absolute atomic E-state index is 12.7. The smallest absolute Gasteiger partial charge is 0.309 e. The monoisotopic (exact) mass is 1590 g/mol. The van der Waals surface area contributed by atoms with Crippen molar-refractivity contribution in [3.63, 3.8) is 0 Å². The minimum atomic E-state index is -0.552. The van der Waals surface area contributed by atoms with E-state index in [0.29, 0.717) is 84.8 Å². The van der Waals surface area contributed by atoms with E-state index in [9.17, 15) is 29.7 Å². The standard InChI is InChI=1S/C22H34O.C22H32O.C20H30O2.C20H32O.C20H30O.CH2Cl2/c2*1-5-19(23)21(4)11-6-10-20(3)17(21)9-12-22-13-15(2)16(14-22)7-8-18(20)22;1-13-11-20-10-7-15-18(2,16(20)6-5-14(13)12-20)8-4-9-19(15,3)17(21)22;2*1-14-11-20-10-7-16-18(2,13-21)8-4-9-19(16,3)17(20)6-5-15(14)12-20;2-1-3/h5,16-19,23H,1-2,6-14H2,3-4H3;5,16-18H,1-2,6-14H2,3-4H3;14-16H,1,4-12H2,2-3H3,(H,21,22);15-17,21H,1,4-13H2,2-3H3;13,15-17H,1,4-12H2,2-3H3;1H2/t16-,17?,18?,19?,20-,21-,22-;16-,17?,18?,20-,21-,22-;14-,15?,16?,18-,19-,20-;15-,16?,17?,18+,19-,20-;15-,16?,17?,18-,19+,20+;/m11110./s1. The molecule has 0 amide bonds. The molecule has 8 heteroatoms. The number of aldehydes is 1. The summed E-state index contributed by atoms with van der Waals surface area (Å²) in [5.74, 6) is 10.9. The lowest BCUT2D eigenvalue weighted by molar-refractivity contribution is -0.181. The summed E-state index contributed by atoms with van der Waals surface area (Å²) in [6.07, 6.45) is 62.7. The van der Waals surface area contributed by atoms with Gasteiger partial charge in [-0.25, -0.2) is 0 Å². The van der Waals surface area contributed by atoms with Crippen LogP contribution < -0.4 is 0 Å². The van der Waals surface area contributed by atoms with E-state index < -0.39 is 11.4 Å². The van der Waals surface area contributed by atoms with Crippen molar-refractivity contribution in [1.29, 1.82) is 0 Å². The van der Waals surface area contributed by atoms with Gasteiger partial charge in [0.1, 0.15) is 6.29 Å². The Morgan fingerprint density at radius 2 is 0.681 bits per heavy atom. The quantitative estimate of drug-likeness (QED) is 0.101. The molecule has 0 radical (unpaired) electrons. The molecule has 3 N–H and O–H groups in total. The number of aliphatic hydroxyl groups excluding tert-OH is 2. The molecule has 0 aliphatic heterocycles. The molecule has 0 saturated heterocycles. The number of carboxylic acids is 1. The van der Waals surface area contributed by atoms with Gasteiger partial charge < -0.3 is 20.1 Å². The van der Waals surface area contributed by atoms with Crippen LogP contribution in [0.1, 0.15) is 358 Å². The number of fused-ring (bicyclic) bond motifs is 15. The predicted molar refractivity (Wildman–Crippen MR) is 468 cm³/mol. The topological polar surface area (TPSA) is 112 Å². The van der Waals surface area contributed by atoms with Crippen molar-refractivity contribution >= 4 is 41.2 Å². The first-order valence-electron chi connectivity index (χ1n) is 47.6. The molecular weight excluding hydrogens is 1430 g/mol. The van der Waals surface area contributed by atoms with Crippen LogP contribution in [-0.2, 0) is 14.4 Å². The molecule has 0 heterocycles. The second-order valence-electron chi connectivity index (χ2n) is 47.8. The van der Waals surface area contributed by atoms with E-state index in [0.717, 1.165) is 104 Å². The second kappa shape index (κ2) is 30.2. The van der Waals surface area contributed by atoms with Gasteiger partial charge in [0.2, 0.25) is 0 Å². The van der Waals surface area contributed by atoms with Gasteiger partial charge in [-0.15, -0.1) is 29.8 Å². The zero-order valence-corrected chi connectivity index (χ0v) is 75.0. The van der Waals surface area contributed by atoms with Gasteiger partial charge in [0.25, 0.3) is 0 Å². The summed E-state index contributed by atoms with van der Waals surface area (Å²) < 4.78 is 0. The highest BCUT2D eigenvalue weighted by Crippen LogP contribution is 2.79. The Bertz CT molecular complexity index is 3730. The molecule has 0 aromatic rings. The molecule has 630 valence electrons. The van der Waals surface area contributed by atoms with Crippen molar-refractivity contribution in [2.24, 2.45) is 170 Å². The highest BCUT2D eigenvalue weighted by Gasteiger charge is 2.71. The fraction of sp³-hybridized carbons (Fsp3) is 0.838. The molecular formula is C105H160Cl2O6. The molecule has 6 nitrogen and oxygen atoms in total. The molecule has 0 aromatic carbocycles. The predicted octanol–water partition coefficient (Wildman–Crippen LogP) is 27.8. The van der Waals surface area contributed by atoms with Crippen LogP contribution in [0, 0.1) is 170 Å². The van der Waals surface area contributed by atoms with Crippen molar-refractivity contribution in [3.8, 4) is 0 Å². The third kappa shape index (κ3) is 13.1. The van der Waals surface area contributed by atoms with Crippen LogP contribution >= 0.6 is 23.2 Å². The van der Waals surface area contributed by atoms with E-state index in [1.165, 1.54) is 268 Å². The maximum atomic E-state index is 12.7. The second-order valence-corrected chi connectivity index (χ2v) is 48.6. The summed E-state index contributed by atoms with van der Waals surface area (Å²) in [5, 5.41) is 30.9. The first kappa shape index (κ1) is 85.5. The summed E-state index contributed by atoms with van der Waals surface area (Å²) in [6.45, 7) is 54.1. The highest BCUT2D eigenvalue weighted by molar-refractivity contribution is 6.40. The number of carboxylic acid groups (broad SMARTS) is 1. The van der Waals surface area contributed by atoms with E-state index >= 15 is 0 Å². The van der Waals surface area contributed by atoms with Crippen LogP contribution in [0.15, 0.2) is 86.1 Å². The number of aliphatic hydroxyl groups is 2. The number of hydrogen-bond acceptors (Lipinski definition) is 5. The summed E-state index contributed by atoms with van der Waals surface area (Å²) >= 11 is 9.53. The van der Waals surface area contributed by atoms with Gasteiger partial charge in [0, 0.05) is 22.9 Å². The molecule has 20 fully saturated rings. The van der Waals surface area contributed by atoms with E-state index in [4.69, 9.17) is 23.2 Å². The molecule has 20 saturated carbocycles. The molecule has 31 atom stereocenters. The third-order valence-electron chi connectivity index (χ3n) is 43.3. The third-order valence-corrected chi connectivity index (χ3v) is 43.3. The molecule has 20 aliphatic carbocycles. The minimum absolute atomic E-state index is 0.0306. The lowest BCUT2D eigenvalue weighted by Crippen LogP contribution is -2.58. The lowest BCUT2D eigenvalue weighted by Gasteiger charge is -2.65. The number of aliphatic carboxylic acids is 1. The van der Waals surface area contributed by atoms with Crippen molar-refractivity contribution < 1.29 is 29.7 Å². The van der Waals surface area contributed by atoms with Crippen LogP contribution in [0.5, 0.6) is 0 Å². The molecule has 20 aliphatic rings. The first-order chi connectivity index (χ1) is 53.3. The zero-order valence-electron chi connectivity index (χ0n) is 73.5. The van der Waals surface area contributed by atoms with Gasteiger partial charge in [-0.2, -0.15) is 0 Å². The Morgan fingerprint density at radius 3 is 1.03 bits per heavy atom. The summed E-state index contributed by atoms with van der Waals surface area (Å²) in [6, 6.07) is 0. The molecule has 10 bridgehead atoms. The lowest BCUT2D eigenvalue weighted by atomic mass is 9.40. The zero-order chi connectivity index (χ0) is 81.1. The Morgan fingerprint density at radius 1 is 0.389 bits per heavy atom. The normalized spacial score (nSPS) is 52.8. The van der Waals surface area contributed by atoms with Gasteiger partial charge >= 0.3 is 5.97 Å². The number of allylic oxidation sites excluding steroid dienone is 6. The molecule has 0 aromatic heterocycles. The van der Waals surface area contributed by atoms with Crippen molar-refractivity contribution in [2.75, 3.05) is 11.9 Å². The molecule has 5 spiro atoms. The number of halogens is 2. The van der Waals surface area contributed by atoms with E-state index in [-0.39, 0.29) is 38.5 Å². The number of carbonyl (C=O) groups excluding carboxylic acids is 2. The molecule has 11 unspecified atom stereocenters. The molecule has 20 rings (SSSR count). The number of ketones is 1. The SMILES string of the molecule is C=C1C[C@@]23CCC4[C@@](C)(CCC[C@@]4(C)C(=O)O)C2CC[C@@H]1C3.C=C1C[C@@]23CCC4[C@@](C)(CCC[C@@]4(C)C=O)C2CC[C@H]1C3.C=C1C[C@@]23CCC4[C@](C)(CO)CCC[C@@]4(C)C2CC[C@@H]1C3.C=CC(=O)[C@]1(C)CCC[C@@]2(C)C3CC[C@@H]4C[C@@]3(CCC21)CC4=C.C=CC(O)[C@]1(C)CCC[C@@]2(C)C3CC[C@@H]4C[C@@]3(CCC12)CC4=C.ClCCl. The summed E-state index contributed by atoms with van der Waals surface area (Å²) in [7, 11) is 0. The minimum Gasteiger partial charge on any atom is -0.481 e. The van der Waals surface area contributed by atoms with Crippen LogP contribution in [0.4, 0.5) is 0 Å². The van der Waals surface area contributed by atoms with Gasteiger partial charge in [-0.3, -0.25) is 9.59 Å². The Hall–Kier alpha value is -2.51. The average Bonchev–Trinajstić information content (AvgIpc) is 1.69. The molecule has 113 heavy (non-hydrogen) atoms. The first-order valence-corrected chi connectivity index (χ1v) is 48.7. The van der Waals surface area contributed by atoms with E-state index in [1.807, 2.05) is 6.92 Å². The number of alkyl halides is 2. The number of hydrogen-bond donors (Lipinski definition) is 3. The van der Waals surface area contributed by atoms with Crippen molar-refractivity contribution in [1.82, 2.24) is 0 Å². The summed E-state index contributed by atoms with van der Waals surface area (Å²) in [5.41, 5.74) is 11.8. The van der Waals surface area contributed by atoms with Crippen LogP contribution in [0.2, 0.25) is 0 Å². The van der Waals surface area contributed by atoms with Crippen LogP contribution in [0.25, 0.3) is 0 Å². The Labute approximate surface area is 698 Å². The van der Waals surface area contributed by atoms with Gasteiger partial charge in [0.15, 0.2) is 5.78 Å². The average molecular weight is 1590 g/mol. The van der Waals surface area contributed by atoms with Crippen molar-refractivity contribution in [2.45, 2.75) is 364 Å². The largest absolute Gasteiger partial charge is 0.481 e. The van der Waals surface area contributed by atoms with Gasteiger partial charge in [-0.05, 0) is 418 Å². The van der Waals surface area contributed by atoms with Gasteiger partial charge in [0.05, 0.1) is 16.9 Å². The van der Waals surface area contributed by atoms with Crippen molar-refractivity contribution in [3.05, 3.63) is 86.1 Å². The maximum Gasteiger partial charge on any atom is 0.309 e. The fourth-order valence-corrected chi connectivity index (χ4v) is 38.7. The van der Waals surface area contributed by atoms with Crippen LogP contribution in [-0.4, -0.2) is 51.4 Å². The highest BCUT2D eigenvalue weighted by atomic mass is 35.5. The summed E-state index contributed by atoms with van der Waals surface area (Å²) in [4.78, 5) is 36.6. The fourth-order valence-electron chi connectivity index (χ4n) is 38.7. The van der Waals surface area contributed by atoms with E-state index in [2.05, 4.69) is 108 Å². The van der Waals surface area contributed by atoms with E-state index in [1.54, 1.807) is 28.9 Å². The Balaban J connectivity index is 0.000000111. The number of rotatable bonds is 7. The van der Waals surface area contributed by atoms with Gasteiger partial charge in [-0.1, -0.05) is 168 Å². The Kier molecular flexibility index (Phi) is 22.9.